The molecule has 1 aromatic rings. The molecule has 1 rings (SSSR count). The van der Waals surface area contributed by atoms with Gasteiger partial charge in [0.05, 0.1) is 5.69 Å². The van der Waals surface area contributed by atoms with Crippen molar-refractivity contribution in [2.75, 3.05) is 13.1 Å². The van der Waals surface area contributed by atoms with Crippen LogP contribution >= 0.6 is 0 Å². The highest BCUT2D eigenvalue weighted by atomic mass is 16.2. The summed E-state index contributed by atoms with van der Waals surface area (Å²) < 4.78 is 0. The van der Waals surface area contributed by atoms with Crippen molar-refractivity contribution in [2.24, 2.45) is 5.84 Å². The number of aromatic nitrogens is 1. The van der Waals surface area contributed by atoms with Crippen LogP contribution in [0.4, 0.5) is 0 Å². The van der Waals surface area contributed by atoms with Crippen molar-refractivity contribution < 1.29 is 4.79 Å². The number of pyridine rings is 1. The Kier molecular flexibility index (Phi) is 7.84. The van der Waals surface area contributed by atoms with Gasteiger partial charge in [0.15, 0.2) is 0 Å². The minimum absolute atomic E-state index is 0.0821. The quantitative estimate of drug-likeness (QED) is 0.312. The third kappa shape index (κ3) is 6.63. The summed E-state index contributed by atoms with van der Waals surface area (Å²) in [5.41, 5.74) is 4.34. The second-order valence-electron chi connectivity index (χ2n) is 5.02. The van der Waals surface area contributed by atoms with Crippen LogP contribution in [0.3, 0.4) is 0 Å². The molecule has 1 heterocycles. The number of amides is 1. The van der Waals surface area contributed by atoms with Crippen molar-refractivity contribution in [3.05, 3.63) is 29.6 Å². The third-order valence-corrected chi connectivity index (χ3v) is 3.32. The highest BCUT2D eigenvalue weighted by Gasteiger charge is 2.05. The van der Waals surface area contributed by atoms with Crippen LogP contribution in [0.2, 0.25) is 0 Å². The number of carbonyl (C=O) groups excluding carboxylic acids is 1. The van der Waals surface area contributed by atoms with E-state index in [1.165, 1.54) is 0 Å². The Morgan fingerprint density at radius 1 is 1.35 bits per heavy atom. The first-order valence-electron chi connectivity index (χ1n) is 7.30. The molecule has 3 N–H and O–H groups in total. The van der Waals surface area contributed by atoms with Crippen LogP contribution in [-0.2, 0) is 11.3 Å². The van der Waals surface area contributed by atoms with Crippen molar-refractivity contribution in [3.8, 4) is 0 Å². The maximum Gasteiger partial charge on any atom is 0.233 e. The van der Waals surface area contributed by atoms with E-state index >= 15 is 0 Å². The van der Waals surface area contributed by atoms with E-state index in [1.807, 2.05) is 13.0 Å². The number of hydrogen-bond acceptors (Lipinski definition) is 4. The molecule has 0 radical (unpaired) electrons. The maximum atomic E-state index is 11.0. The van der Waals surface area contributed by atoms with E-state index in [0.29, 0.717) is 6.42 Å². The molecule has 5 nitrogen and oxygen atoms in total. The van der Waals surface area contributed by atoms with Crippen LogP contribution in [0, 0.1) is 6.92 Å². The molecular formula is C15H26N4O. The minimum Gasteiger partial charge on any atom is -0.298 e. The number of aryl methyl sites for hydroxylation is 1. The molecule has 20 heavy (non-hydrogen) atoms. The second-order valence-corrected chi connectivity index (χ2v) is 5.02. The van der Waals surface area contributed by atoms with Gasteiger partial charge in [-0.1, -0.05) is 19.4 Å². The van der Waals surface area contributed by atoms with Gasteiger partial charge in [-0.25, -0.2) is 5.84 Å². The Bertz CT molecular complexity index is 409. The molecule has 0 aliphatic heterocycles. The largest absolute Gasteiger partial charge is 0.298 e. The maximum absolute atomic E-state index is 11.0. The number of nitrogens with one attached hydrogen (secondary N) is 1. The van der Waals surface area contributed by atoms with Gasteiger partial charge in [0, 0.05) is 18.7 Å². The van der Waals surface area contributed by atoms with E-state index in [9.17, 15) is 4.79 Å². The predicted octanol–water partition coefficient (Wildman–Crippen LogP) is 1.76. The molecule has 0 spiro atoms. The van der Waals surface area contributed by atoms with Gasteiger partial charge in [-0.2, -0.15) is 0 Å². The lowest BCUT2D eigenvalue weighted by Gasteiger charge is -2.20. The number of hydrogen-bond donors (Lipinski definition) is 2. The van der Waals surface area contributed by atoms with Crippen LogP contribution in [0.5, 0.6) is 0 Å². The van der Waals surface area contributed by atoms with Crippen molar-refractivity contribution >= 4 is 5.91 Å². The molecule has 5 heteroatoms. The zero-order chi connectivity index (χ0) is 14.8. The zero-order valence-electron chi connectivity index (χ0n) is 12.6. The lowest BCUT2D eigenvalue weighted by atomic mass is 10.2. The summed E-state index contributed by atoms with van der Waals surface area (Å²) in [7, 11) is 0. The summed E-state index contributed by atoms with van der Waals surface area (Å²) in [5, 5.41) is 0. The van der Waals surface area contributed by atoms with E-state index in [1.54, 1.807) is 0 Å². The highest BCUT2D eigenvalue weighted by molar-refractivity contribution is 5.74. The van der Waals surface area contributed by atoms with E-state index in [2.05, 4.69) is 34.4 Å². The topological polar surface area (TPSA) is 71.2 Å². The lowest BCUT2D eigenvalue weighted by Crippen LogP contribution is -2.29. The number of unbranched alkanes of at least 4 members (excludes halogenated alkanes) is 2. The molecule has 112 valence electrons. The summed E-state index contributed by atoms with van der Waals surface area (Å²) >= 11 is 0. The Labute approximate surface area is 121 Å². The molecule has 0 bridgehead atoms. The number of nitrogens with two attached hydrogens (primary N) is 1. The van der Waals surface area contributed by atoms with Gasteiger partial charge in [0.25, 0.3) is 0 Å². The van der Waals surface area contributed by atoms with Crippen molar-refractivity contribution in [3.63, 3.8) is 0 Å². The predicted molar refractivity (Wildman–Crippen MR) is 80.7 cm³/mol. The van der Waals surface area contributed by atoms with Crippen LogP contribution < -0.4 is 11.3 Å². The van der Waals surface area contributed by atoms with Gasteiger partial charge >= 0.3 is 0 Å². The van der Waals surface area contributed by atoms with Gasteiger partial charge in [-0.05, 0) is 45.0 Å². The van der Waals surface area contributed by atoms with Crippen molar-refractivity contribution in [1.29, 1.82) is 0 Å². The summed E-state index contributed by atoms with van der Waals surface area (Å²) in [5.74, 6) is 4.96. The molecule has 1 aromatic heterocycles. The van der Waals surface area contributed by atoms with E-state index in [-0.39, 0.29) is 5.91 Å². The average molecular weight is 278 g/mol. The van der Waals surface area contributed by atoms with Crippen LogP contribution in [0.15, 0.2) is 18.2 Å². The van der Waals surface area contributed by atoms with Gasteiger partial charge < -0.3 is 0 Å². The number of hydrazine groups is 1. The van der Waals surface area contributed by atoms with Crippen molar-refractivity contribution in [1.82, 2.24) is 15.3 Å². The SMILES string of the molecule is CCN(CCCCCC(=O)NN)Cc1cccc(C)n1. The molecule has 0 saturated heterocycles. The molecule has 0 aliphatic carbocycles. The molecule has 0 aliphatic rings. The molecule has 0 fully saturated rings. The Hall–Kier alpha value is -1.46. The Balaban J connectivity index is 2.24. The molecular weight excluding hydrogens is 252 g/mol. The van der Waals surface area contributed by atoms with Gasteiger partial charge in [-0.15, -0.1) is 0 Å². The number of rotatable bonds is 9. The molecule has 0 atom stereocenters. The normalized spacial score (nSPS) is 10.8. The summed E-state index contributed by atoms with van der Waals surface area (Å²) in [6.07, 6.45) is 3.55. The smallest absolute Gasteiger partial charge is 0.233 e. The first-order valence-corrected chi connectivity index (χ1v) is 7.30. The first-order chi connectivity index (χ1) is 9.65. The minimum atomic E-state index is -0.0821. The van der Waals surface area contributed by atoms with Crippen LogP contribution in [-0.4, -0.2) is 28.9 Å². The second kappa shape index (κ2) is 9.44. The van der Waals surface area contributed by atoms with Gasteiger partial charge in [-0.3, -0.25) is 20.1 Å². The van der Waals surface area contributed by atoms with Crippen LogP contribution in [0.1, 0.15) is 44.0 Å². The lowest BCUT2D eigenvalue weighted by molar-refractivity contribution is -0.121. The molecule has 1 amide bonds. The zero-order valence-corrected chi connectivity index (χ0v) is 12.6. The highest BCUT2D eigenvalue weighted by Crippen LogP contribution is 2.06. The average Bonchev–Trinajstić information content (AvgIpc) is 2.45. The number of nitrogens with zero attached hydrogens (tertiary/aromatic N) is 2. The number of carbonyl (C=O) groups is 1. The van der Waals surface area contributed by atoms with Crippen LogP contribution in [0.25, 0.3) is 0 Å². The fourth-order valence-corrected chi connectivity index (χ4v) is 2.14. The van der Waals surface area contributed by atoms with Gasteiger partial charge in [0.1, 0.15) is 0 Å². The Morgan fingerprint density at radius 2 is 2.15 bits per heavy atom. The fraction of sp³-hybridized carbons (Fsp3) is 0.600. The summed E-state index contributed by atoms with van der Waals surface area (Å²) in [6, 6.07) is 6.14. The fourth-order valence-electron chi connectivity index (χ4n) is 2.14. The molecule has 0 saturated carbocycles. The monoisotopic (exact) mass is 278 g/mol. The van der Waals surface area contributed by atoms with Gasteiger partial charge in [0.2, 0.25) is 5.91 Å². The third-order valence-electron chi connectivity index (χ3n) is 3.32. The first kappa shape index (κ1) is 16.6. The van der Waals surface area contributed by atoms with E-state index < -0.39 is 0 Å². The van der Waals surface area contributed by atoms with Crippen molar-refractivity contribution in [2.45, 2.75) is 46.1 Å². The van der Waals surface area contributed by atoms with E-state index in [4.69, 9.17) is 5.84 Å². The molecule has 0 aromatic carbocycles. The van der Waals surface area contributed by atoms with E-state index in [0.717, 1.165) is 50.3 Å². The standard InChI is InChI=1S/C15H26N4O/c1-3-19(11-6-4-5-10-15(20)18-16)12-14-9-7-8-13(2)17-14/h7-9H,3-6,10-12,16H2,1-2H3,(H,18,20). The Morgan fingerprint density at radius 3 is 2.80 bits per heavy atom. The molecule has 0 unspecified atom stereocenters. The summed E-state index contributed by atoms with van der Waals surface area (Å²) in [4.78, 5) is 17.9. The summed E-state index contributed by atoms with van der Waals surface area (Å²) in [6.45, 7) is 7.12.